The summed E-state index contributed by atoms with van der Waals surface area (Å²) in [5.41, 5.74) is -1.73. The molecule has 0 aromatic rings. The van der Waals surface area contributed by atoms with Gasteiger partial charge in [-0.05, 0) is 12.8 Å². The maximum atomic E-state index is 12.4. The zero-order valence-electron chi connectivity index (χ0n) is 12.4. The Labute approximate surface area is 132 Å². The van der Waals surface area contributed by atoms with E-state index in [1.807, 2.05) is 0 Å². The minimum Gasteiger partial charge on any atom is -0.456 e. The number of nitrogens with one attached hydrogen (secondary N) is 1. The molecular weight excluding hydrogens is 339 g/mol. The topological polar surface area (TPSA) is 92.7 Å². The van der Waals surface area contributed by atoms with Crippen molar-refractivity contribution in [2.75, 3.05) is 12.3 Å². The van der Waals surface area contributed by atoms with Crippen molar-refractivity contribution in [2.45, 2.75) is 50.4 Å². The van der Waals surface area contributed by atoms with Crippen LogP contribution in [0, 0.1) is 0 Å². The smallest absolute Gasteiger partial charge is 0.422 e. The molecule has 0 bridgehead atoms. The van der Waals surface area contributed by atoms with Crippen LogP contribution in [0.25, 0.3) is 0 Å². The van der Waals surface area contributed by atoms with E-state index in [4.69, 9.17) is 4.55 Å². The normalized spacial score (nSPS) is 18.4. The van der Waals surface area contributed by atoms with Crippen LogP contribution in [0.5, 0.6) is 0 Å². The predicted octanol–water partition coefficient (Wildman–Crippen LogP) is 1.83. The predicted molar refractivity (Wildman–Crippen MR) is 76.4 cm³/mol. The van der Waals surface area contributed by atoms with Gasteiger partial charge in [0.05, 0.1) is 0 Å². The molecule has 2 N–H and O–H groups in total. The molecule has 23 heavy (non-hydrogen) atoms. The molecule has 1 rings (SSSR count). The van der Waals surface area contributed by atoms with Crippen LogP contribution >= 0.6 is 0 Å². The maximum Gasteiger partial charge on any atom is 0.422 e. The quantitative estimate of drug-likeness (QED) is 0.409. The lowest BCUT2D eigenvalue weighted by Gasteiger charge is -2.25. The number of carbonyl (C=O) groups is 1. The molecule has 6 nitrogen and oxygen atoms in total. The van der Waals surface area contributed by atoms with E-state index in [0.717, 1.165) is 32.1 Å². The molecule has 0 heterocycles. The van der Waals surface area contributed by atoms with Crippen LogP contribution in [0.1, 0.15) is 32.1 Å². The highest BCUT2D eigenvalue weighted by atomic mass is 32.2. The number of esters is 1. The number of alkyl halides is 3. The fourth-order valence-corrected chi connectivity index (χ4v) is 2.97. The fourth-order valence-electron chi connectivity index (χ4n) is 2.31. The Bertz CT molecular complexity index is 526. The van der Waals surface area contributed by atoms with Crippen LogP contribution in [0.15, 0.2) is 12.2 Å². The summed E-state index contributed by atoms with van der Waals surface area (Å²) in [6.07, 6.45) is -1.62. The van der Waals surface area contributed by atoms with E-state index in [0.29, 0.717) is 0 Å². The van der Waals surface area contributed by atoms with Gasteiger partial charge in [0.2, 0.25) is 0 Å². The summed E-state index contributed by atoms with van der Waals surface area (Å²) >= 11 is 0. The number of halogens is 3. The summed E-state index contributed by atoms with van der Waals surface area (Å²) < 4.78 is 72.4. The Hall–Kier alpha value is -1.13. The van der Waals surface area contributed by atoms with Gasteiger partial charge in [-0.15, -0.1) is 0 Å². The van der Waals surface area contributed by atoms with Crippen molar-refractivity contribution >= 4 is 16.1 Å². The second-order valence-corrected chi connectivity index (χ2v) is 6.99. The van der Waals surface area contributed by atoms with Gasteiger partial charge in [-0.1, -0.05) is 25.8 Å². The monoisotopic (exact) mass is 359 g/mol. The second-order valence-electron chi connectivity index (χ2n) is 5.50. The Kier molecular flexibility index (Phi) is 7.02. The Morgan fingerprint density at radius 3 is 2.35 bits per heavy atom. The van der Waals surface area contributed by atoms with Crippen molar-refractivity contribution in [1.29, 1.82) is 0 Å². The second kappa shape index (κ2) is 8.11. The zero-order valence-corrected chi connectivity index (χ0v) is 13.3. The van der Waals surface area contributed by atoms with Crippen LogP contribution in [0.2, 0.25) is 0 Å². The third kappa shape index (κ3) is 7.80. The molecule has 1 fully saturated rings. The number of carbonyl (C=O) groups excluding carboxylic acids is 1. The fraction of sp³-hybridized carbons (Fsp3) is 0.769. The van der Waals surface area contributed by atoms with E-state index >= 15 is 0 Å². The molecule has 1 saturated carbocycles. The maximum absolute atomic E-state index is 12.4. The number of hydrogen-bond donors (Lipinski definition) is 2. The molecule has 1 aliphatic rings. The number of hydrogen-bond acceptors (Lipinski definition) is 5. The lowest BCUT2D eigenvalue weighted by atomic mass is 9.95. The van der Waals surface area contributed by atoms with Crippen molar-refractivity contribution < 1.29 is 35.7 Å². The molecule has 0 aromatic carbocycles. The summed E-state index contributed by atoms with van der Waals surface area (Å²) in [6, 6.07) is 0.0807. The highest BCUT2D eigenvalue weighted by Gasteiger charge is 2.39. The minimum atomic E-state index is -4.96. The first kappa shape index (κ1) is 19.9. The number of rotatable bonds is 7. The highest BCUT2D eigenvalue weighted by Crippen LogP contribution is 2.25. The zero-order chi connectivity index (χ0) is 17.7. The Balaban J connectivity index is 2.64. The first-order chi connectivity index (χ1) is 10.5. The summed E-state index contributed by atoms with van der Waals surface area (Å²) in [7, 11) is -4.51. The van der Waals surface area contributed by atoms with Crippen molar-refractivity contribution in [1.82, 2.24) is 5.32 Å². The van der Waals surface area contributed by atoms with Gasteiger partial charge in [0.25, 0.3) is 10.1 Å². The molecule has 0 aromatic heterocycles. The largest absolute Gasteiger partial charge is 0.456 e. The van der Waals surface area contributed by atoms with E-state index in [-0.39, 0.29) is 12.6 Å². The molecular formula is C13H20F3NO5S. The van der Waals surface area contributed by atoms with Gasteiger partial charge in [-0.25, -0.2) is 4.79 Å². The molecule has 10 heteroatoms. The van der Waals surface area contributed by atoms with E-state index in [2.05, 4.69) is 16.6 Å². The SMILES string of the molecule is C=C(C(=O)OC(CNC1CCCCC1)CS(=O)(=O)O)C(F)(F)F. The van der Waals surface area contributed by atoms with Crippen LogP contribution < -0.4 is 5.32 Å². The van der Waals surface area contributed by atoms with E-state index in [1.54, 1.807) is 0 Å². The van der Waals surface area contributed by atoms with Gasteiger partial charge in [0, 0.05) is 12.6 Å². The van der Waals surface area contributed by atoms with Gasteiger partial charge in [0.15, 0.2) is 0 Å². The average molecular weight is 359 g/mol. The Morgan fingerprint density at radius 1 is 1.30 bits per heavy atom. The molecule has 0 saturated heterocycles. The van der Waals surface area contributed by atoms with Crippen LogP contribution in [0.3, 0.4) is 0 Å². The van der Waals surface area contributed by atoms with Crippen LogP contribution in [-0.4, -0.2) is 49.6 Å². The summed E-state index contributed by atoms with van der Waals surface area (Å²) in [5, 5.41) is 2.96. The van der Waals surface area contributed by atoms with Crippen molar-refractivity contribution in [2.24, 2.45) is 0 Å². The highest BCUT2D eigenvalue weighted by molar-refractivity contribution is 7.85. The van der Waals surface area contributed by atoms with Gasteiger partial charge in [-0.3, -0.25) is 4.55 Å². The Morgan fingerprint density at radius 2 is 1.87 bits per heavy atom. The third-order valence-corrected chi connectivity index (χ3v) is 4.29. The van der Waals surface area contributed by atoms with Gasteiger partial charge >= 0.3 is 12.1 Å². The van der Waals surface area contributed by atoms with Crippen molar-refractivity contribution in [3.05, 3.63) is 12.2 Å². The van der Waals surface area contributed by atoms with Crippen LogP contribution in [0.4, 0.5) is 13.2 Å². The van der Waals surface area contributed by atoms with Gasteiger partial charge in [-0.2, -0.15) is 21.6 Å². The third-order valence-electron chi connectivity index (χ3n) is 3.50. The molecule has 0 amide bonds. The molecule has 0 aliphatic heterocycles. The first-order valence-electron chi connectivity index (χ1n) is 7.14. The molecule has 0 spiro atoms. The van der Waals surface area contributed by atoms with Crippen molar-refractivity contribution in [3.8, 4) is 0 Å². The number of ether oxygens (including phenoxy) is 1. The van der Waals surface area contributed by atoms with Crippen molar-refractivity contribution in [3.63, 3.8) is 0 Å². The van der Waals surface area contributed by atoms with Crippen LogP contribution in [-0.2, 0) is 19.6 Å². The van der Waals surface area contributed by atoms with Gasteiger partial charge < -0.3 is 10.1 Å². The van der Waals surface area contributed by atoms with E-state index in [9.17, 15) is 26.4 Å². The summed E-state index contributed by atoms with van der Waals surface area (Å²) in [5.74, 6) is -2.74. The standard InChI is InChI=1S/C13H20F3NO5S/c1-9(13(14,15)16)12(18)22-11(8-23(19,20)21)7-17-10-5-3-2-4-6-10/h10-11,17H,1-8H2,(H,19,20,21). The lowest BCUT2D eigenvalue weighted by Crippen LogP contribution is -2.42. The molecule has 134 valence electrons. The molecule has 1 aliphatic carbocycles. The molecule has 1 atom stereocenters. The summed E-state index contributed by atoms with van der Waals surface area (Å²) in [4.78, 5) is 11.4. The first-order valence-corrected chi connectivity index (χ1v) is 8.75. The lowest BCUT2D eigenvalue weighted by molar-refractivity contribution is -0.154. The molecule has 1 unspecified atom stereocenters. The average Bonchev–Trinajstić information content (AvgIpc) is 2.42. The summed E-state index contributed by atoms with van der Waals surface area (Å²) in [6.45, 7) is 2.43. The van der Waals surface area contributed by atoms with E-state index < -0.39 is 39.7 Å². The molecule has 0 radical (unpaired) electrons. The van der Waals surface area contributed by atoms with E-state index in [1.165, 1.54) is 0 Å². The van der Waals surface area contributed by atoms with Gasteiger partial charge in [0.1, 0.15) is 17.4 Å². The minimum absolute atomic E-state index is 0.0807.